The molecule has 31 heavy (non-hydrogen) atoms. The number of anilines is 2. The van der Waals surface area contributed by atoms with Gasteiger partial charge in [0.1, 0.15) is 9.67 Å². The van der Waals surface area contributed by atoms with E-state index in [2.05, 4.69) is 5.32 Å². The monoisotopic (exact) mass is 475 g/mol. The Kier molecular flexibility index (Phi) is 7.36. The average molecular weight is 476 g/mol. The van der Waals surface area contributed by atoms with Gasteiger partial charge in [-0.3, -0.25) is 0 Å². The Morgan fingerprint density at radius 2 is 1.35 bits per heavy atom. The normalized spacial score (nSPS) is 12.9. The lowest BCUT2D eigenvalue weighted by Gasteiger charge is -2.29. The predicted molar refractivity (Wildman–Crippen MR) is 132 cm³/mol. The summed E-state index contributed by atoms with van der Waals surface area (Å²) in [5, 5.41) is 3.91. The summed E-state index contributed by atoms with van der Waals surface area (Å²) in [6.45, 7) is 11.6. The second-order valence-electron chi connectivity index (χ2n) is 8.09. The van der Waals surface area contributed by atoms with Crippen molar-refractivity contribution in [3.8, 4) is 0 Å². The molecule has 0 aliphatic rings. The summed E-state index contributed by atoms with van der Waals surface area (Å²) in [5.74, 6) is 0. The maximum absolute atomic E-state index is 13.8. The molecular formula is C23H29N3O2S3. The number of sulfonamides is 1. The molecule has 0 saturated carbocycles. The lowest BCUT2D eigenvalue weighted by molar-refractivity contribution is 0.302. The van der Waals surface area contributed by atoms with E-state index >= 15 is 0 Å². The lowest BCUT2D eigenvalue weighted by atomic mass is 10.2. The number of hydrogen-bond acceptors (Lipinski definition) is 6. The summed E-state index contributed by atoms with van der Waals surface area (Å²) in [4.78, 5) is 4.95. The highest BCUT2D eigenvalue weighted by Gasteiger charge is 2.34. The molecule has 0 bridgehead atoms. The Morgan fingerprint density at radius 3 is 1.87 bits per heavy atom. The second kappa shape index (κ2) is 9.65. The molecule has 0 fully saturated rings. The molecule has 2 aromatic carbocycles. The van der Waals surface area contributed by atoms with Crippen LogP contribution in [-0.2, 0) is 10.0 Å². The van der Waals surface area contributed by atoms with Crippen LogP contribution in [0.5, 0.6) is 0 Å². The van der Waals surface area contributed by atoms with Crippen LogP contribution in [0.4, 0.5) is 16.4 Å². The lowest BCUT2D eigenvalue weighted by Crippen LogP contribution is -2.43. The molecule has 8 heteroatoms. The van der Waals surface area contributed by atoms with Crippen LogP contribution in [0.15, 0.2) is 58.4 Å². The molecule has 0 saturated heterocycles. The van der Waals surface area contributed by atoms with Gasteiger partial charge in [-0.25, -0.2) is 13.4 Å². The number of rotatable bonds is 7. The first kappa shape index (κ1) is 23.7. The number of hydrogen-bond donors (Lipinski definition) is 1. The smallest absolute Gasteiger partial charge is 0.249 e. The molecule has 166 valence electrons. The van der Waals surface area contributed by atoms with Crippen LogP contribution in [0.1, 0.15) is 38.8 Å². The van der Waals surface area contributed by atoms with E-state index in [0.29, 0.717) is 9.67 Å². The van der Waals surface area contributed by atoms with Crippen molar-refractivity contribution in [2.24, 2.45) is 4.99 Å². The Morgan fingerprint density at radius 1 is 0.839 bits per heavy atom. The Labute approximate surface area is 192 Å². The molecule has 0 aliphatic carbocycles. The molecule has 3 aromatic rings. The highest BCUT2D eigenvalue weighted by atomic mass is 32.9. The fraction of sp³-hybridized carbons (Fsp3) is 0.348. The molecular weight excluding hydrogens is 446 g/mol. The van der Waals surface area contributed by atoms with Crippen molar-refractivity contribution in [2.45, 2.75) is 58.5 Å². The summed E-state index contributed by atoms with van der Waals surface area (Å²) in [6.07, 6.45) is 0. The molecule has 1 N–H and O–H groups in total. The first-order chi connectivity index (χ1) is 14.6. The van der Waals surface area contributed by atoms with E-state index in [9.17, 15) is 8.42 Å². The minimum absolute atomic E-state index is 0.172. The fourth-order valence-corrected chi connectivity index (χ4v) is 8.56. The van der Waals surface area contributed by atoms with Gasteiger partial charge in [0.2, 0.25) is 10.0 Å². The highest BCUT2D eigenvalue weighted by molar-refractivity contribution is 7.90. The molecule has 0 atom stereocenters. The number of nitrogens with one attached hydrogen (secondary N) is 1. The van der Waals surface area contributed by atoms with E-state index in [1.165, 1.54) is 20.7 Å². The average Bonchev–Trinajstić information content (AvgIpc) is 3.07. The van der Waals surface area contributed by atoms with Gasteiger partial charge in [-0.05, 0) is 65.8 Å². The first-order valence-electron chi connectivity index (χ1n) is 10.2. The van der Waals surface area contributed by atoms with Gasteiger partial charge in [0, 0.05) is 17.8 Å². The molecule has 0 amide bonds. The summed E-state index contributed by atoms with van der Waals surface area (Å²) in [6, 6.07) is 15.3. The minimum Gasteiger partial charge on any atom is -0.345 e. The number of benzene rings is 2. The van der Waals surface area contributed by atoms with Gasteiger partial charge in [-0.2, -0.15) is 4.31 Å². The molecule has 0 unspecified atom stereocenters. The van der Waals surface area contributed by atoms with Crippen LogP contribution in [0.25, 0.3) is 0 Å². The van der Waals surface area contributed by atoms with E-state index < -0.39 is 10.0 Å². The third kappa shape index (κ3) is 5.44. The van der Waals surface area contributed by atoms with Crippen molar-refractivity contribution in [3.63, 3.8) is 0 Å². The zero-order valence-electron chi connectivity index (χ0n) is 18.7. The van der Waals surface area contributed by atoms with Crippen molar-refractivity contribution < 1.29 is 8.42 Å². The van der Waals surface area contributed by atoms with Crippen LogP contribution < -0.4 is 9.99 Å². The molecule has 1 heterocycles. The van der Waals surface area contributed by atoms with E-state index in [1.54, 1.807) is 4.31 Å². The van der Waals surface area contributed by atoms with Crippen molar-refractivity contribution in [3.05, 3.63) is 64.3 Å². The molecule has 3 rings (SSSR count). The van der Waals surface area contributed by atoms with Crippen molar-refractivity contribution in [1.29, 1.82) is 0 Å². The van der Waals surface area contributed by atoms with E-state index in [1.807, 2.05) is 90.1 Å². The quantitative estimate of drug-likeness (QED) is 0.413. The second-order valence-corrected chi connectivity index (χ2v) is 12.0. The van der Waals surface area contributed by atoms with E-state index in [-0.39, 0.29) is 17.0 Å². The minimum atomic E-state index is -3.78. The zero-order valence-corrected chi connectivity index (χ0v) is 21.2. The van der Waals surface area contributed by atoms with E-state index in [0.717, 1.165) is 22.5 Å². The van der Waals surface area contributed by atoms with Crippen molar-refractivity contribution in [1.82, 2.24) is 4.31 Å². The summed E-state index contributed by atoms with van der Waals surface area (Å²) in [5.41, 5.74) is 3.86. The number of aryl methyl sites for hydroxylation is 2. The standard InChI is InChI=1S/C23H29N3O2S3/c1-15(2)26(16(3)4)31(27,28)21-22(24-19-11-7-17(5)8-12-19)29-30-23(21)25-20-13-9-18(6)10-14-20/h7-16,24H,1-6H3. The van der Waals surface area contributed by atoms with Crippen LogP contribution in [0.2, 0.25) is 0 Å². The van der Waals surface area contributed by atoms with Crippen LogP contribution in [0.3, 0.4) is 0 Å². The SMILES string of the molecule is Cc1ccc(N=c2ssc(Nc3ccc(C)cc3)c2S(=O)(=O)N(C(C)C)C(C)C)cc1. The van der Waals surface area contributed by atoms with Gasteiger partial charge in [0.25, 0.3) is 0 Å². The maximum Gasteiger partial charge on any atom is 0.249 e. The Balaban J connectivity index is 2.19. The van der Waals surface area contributed by atoms with Crippen LogP contribution >= 0.6 is 20.7 Å². The number of nitrogens with zero attached hydrogens (tertiary/aromatic N) is 2. The summed E-state index contributed by atoms with van der Waals surface area (Å²) >= 11 is 0. The Bertz CT molecular complexity index is 1180. The van der Waals surface area contributed by atoms with Gasteiger partial charge in [-0.1, -0.05) is 56.1 Å². The molecule has 5 nitrogen and oxygen atoms in total. The topological polar surface area (TPSA) is 61.8 Å². The molecule has 0 aliphatic heterocycles. The van der Waals surface area contributed by atoms with Gasteiger partial charge in [-0.15, -0.1) is 0 Å². The Hall–Kier alpha value is -2.00. The summed E-state index contributed by atoms with van der Waals surface area (Å²) in [7, 11) is -1.01. The van der Waals surface area contributed by atoms with E-state index in [4.69, 9.17) is 4.99 Å². The molecule has 0 radical (unpaired) electrons. The third-order valence-corrected chi connectivity index (χ3v) is 9.54. The van der Waals surface area contributed by atoms with Gasteiger partial charge < -0.3 is 5.32 Å². The van der Waals surface area contributed by atoms with Gasteiger partial charge in [0.05, 0.1) is 5.69 Å². The molecule has 0 spiro atoms. The van der Waals surface area contributed by atoms with Crippen LogP contribution in [0, 0.1) is 13.8 Å². The molecule has 1 aromatic heterocycles. The predicted octanol–water partition coefficient (Wildman–Crippen LogP) is 6.21. The zero-order chi connectivity index (χ0) is 22.8. The third-order valence-electron chi connectivity index (χ3n) is 4.73. The van der Waals surface area contributed by atoms with Crippen LogP contribution in [-0.4, -0.2) is 24.8 Å². The largest absolute Gasteiger partial charge is 0.345 e. The van der Waals surface area contributed by atoms with Crippen molar-refractivity contribution >= 4 is 47.1 Å². The van der Waals surface area contributed by atoms with Gasteiger partial charge >= 0.3 is 0 Å². The maximum atomic E-state index is 13.8. The summed E-state index contributed by atoms with van der Waals surface area (Å²) < 4.78 is 29.7. The van der Waals surface area contributed by atoms with Crippen molar-refractivity contribution in [2.75, 3.05) is 5.32 Å². The highest BCUT2D eigenvalue weighted by Crippen LogP contribution is 2.34. The fourth-order valence-electron chi connectivity index (χ4n) is 3.39. The first-order valence-corrected chi connectivity index (χ1v) is 13.8. The van der Waals surface area contributed by atoms with Gasteiger partial charge in [0.15, 0.2) is 4.90 Å².